The number of carbonyl (C=O) groups is 1. The van der Waals surface area contributed by atoms with Crippen LogP contribution in [0.5, 0.6) is 0 Å². The van der Waals surface area contributed by atoms with Gasteiger partial charge < -0.3 is 11.1 Å². The molecule has 1 aliphatic rings. The molecule has 3 heteroatoms. The minimum absolute atomic E-state index is 0.139. The van der Waals surface area contributed by atoms with Gasteiger partial charge in [-0.25, -0.2) is 0 Å². The summed E-state index contributed by atoms with van der Waals surface area (Å²) in [6.07, 6.45) is 5.22. The third-order valence-corrected chi connectivity index (χ3v) is 4.18. The van der Waals surface area contributed by atoms with Crippen LogP contribution < -0.4 is 11.1 Å². The molecule has 0 heterocycles. The summed E-state index contributed by atoms with van der Waals surface area (Å²) in [4.78, 5) is 12.5. The quantitative estimate of drug-likeness (QED) is 0.802. The number of nitrogens with one attached hydrogen (secondary N) is 1. The molecule has 1 aliphatic carbocycles. The zero-order valence-corrected chi connectivity index (χ0v) is 11.3. The number of benzene rings is 1. The number of nitrogen functional groups attached to an aromatic ring is 1. The molecule has 1 aromatic carbocycles. The molecule has 3 N–H and O–H groups in total. The third-order valence-electron chi connectivity index (χ3n) is 4.18. The molecular formula is C15H22N2O. The largest absolute Gasteiger partial charge is 0.397 e. The molecule has 0 saturated heterocycles. The highest BCUT2D eigenvalue weighted by molar-refractivity contribution is 5.97. The van der Waals surface area contributed by atoms with Crippen LogP contribution in [0.25, 0.3) is 0 Å². The van der Waals surface area contributed by atoms with Gasteiger partial charge in [0.1, 0.15) is 0 Å². The second-order valence-corrected chi connectivity index (χ2v) is 5.39. The first-order valence-electron chi connectivity index (χ1n) is 6.75. The Kier molecular flexibility index (Phi) is 3.60. The molecule has 1 aromatic rings. The fourth-order valence-electron chi connectivity index (χ4n) is 2.83. The summed E-state index contributed by atoms with van der Waals surface area (Å²) < 4.78 is 0. The van der Waals surface area contributed by atoms with Crippen LogP contribution in [-0.2, 0) is 4.79 Å². The van der Waals surface area contributed by atoms with Gasteiger partial charge in [0.05, 0.1) is 11.4 Å². The van der Waals surface area contributed by atoms with E-state index in [-0.39, 0.29) is 11.3 Å². The van der Waals surface area contributed by atoms with E-state index in [2.05, 4.69) is 12.2 Å². The van der Waals surface area contributed by atoms with Crippen molar-refractivity contribution in [3.05, 3.63) is 23.8 Å². The fourth-order valence-corrected chi connectivity index (χ4v) is 2.83. The molecule has 0 atom stereocenters. The lowest BCUT2D eigenvalue weighted by atomic mass is 9.82. The Bertz CT molecular complexity index is 448. The minimum Gasteiger partial charge on any atom is -0.397 e. The van der Waals surface area contributed by atoms with Crippen molar-refractivity contribution in [2.45, 2.75) is 46.0 Å². The topological polar surface area (TPSA) is 55.1 Å². The van der Waals surface area contributed by atoms with Crippen molar-refractivity contribution in [2.24, 2.45) is 5.41 Å². The van der Waals surface area contributed by atoms with Crippen molar-refractivity contribution < 1.29 is 4.79 Å². The van der Waals surface area contributed by atoms with E-state index in [4.69, 9.17) is 5.73 Å². The Balaban J connectivity index is 2.18. The maximum Gasteiger partial charge on any atom is 0.230 e. The molecule has 1 saturated carbocycles. The number of hydrogen-bond donors (Lipinski definition) is 2. The van der Waals surface area contributed by atoms with E-state index in [1.807, 2.05) is 25.1 Å². The molecule has 1 amide bonds. The number of amides is 1. The molecule has 98 valence electrons. The summed E-state index contributed by atoms with van der Waals surface area (Å²) in [7, 11) is 0. The van der Waals surface area contributed by atoms with Crippen LogP contribution in [0.3, 0.4) is 0 Å². The highest BCUT2D eigenvalue weighted by Crippen LogP contribution is 2.42. The molecule has 0 radical (unpaired) electrons. The van der Waals surface area contributed by atoms with Gasteiger partial charge in [0.15, 0.2) is 0 Å². The molecular weight excluding hydrogens is 224 g/mol. The van der Waals surface area contributed by atoms with Crippen LogP contribution in [-0.4, -0.2) is 5.91 Å². The van der Waals surface area contributed by atoms with Gasteiger partial charge in [0.25, 0.3) is 0 Å². The van der Waals surface area contributed by atoms with E-state index < -0.39 is 0 Å². The Morgan fingerprint density at radius 3 is 2.67 bits per heavy atom. The van der Waals surface area contributed by atoms with Crippen LogP contribution in [0, 0.1) is 12.3 Å². The monoisotopic (exact) mass is 246 g/mol. The second kappa shape index (κ2) is 5.01. The summed E-state index contributed by atoms with van der Waals surface area (Å²) in [5, 5.41) is 3.02. The summed E-state index contributed by atoms with van der Waals surface area (Å²) in [6, 6.07) is 5.74. The Morgan fingerprint density at radius 1 is 1.39 bits per heavy atom. The Hall–Kier alpha value is -1.51. The molecule has 3 nitrogen and oxygen atoms in total. The van der Waals surface area contributed by atoms with Crippen molar-refractivity contribution in [1.82, 2.24) is 0 Å². The van der Waals surface area contributed by atoms with Gasteiger partial charge in [-0.15, -0.1) is 0 Å². The normalized spacial score (nSPS) is 17.7. The van der Waals surface area contributed by atoms with Gasteiger partial charge in [-0.3, -0.25) is 4.79 Å². The zero-order chi connectivity index (χ0) is 13.2. The summed E-state index contributed by atoms with van der Waals surface area (Å²) in [6.45, 7) is 4.10. The standard InChI is InChI=1S/C15H22N2O/c1-3-15(8-4-5-9-15)14(18)17-13-10-11(2)6-7-12(13)16/h6-7,10H,3-5,8-9,16H2,1-2H3,(H,17,18). The lowest BCUT2D eigenvalue weighted by Crippen LogP contribution is -2.33. The summed E-state index contributed by atoms with van der Waals surface area (Å²) >= 11 is 0. The van der Waals surface area contributed by atoms with E-state index in [1.54, 1.807) is 0 Å². The molecule has 18 heavy (non-hydrogen) atoms. The Labute approximate surface area is 109 Å². The van der Waals surface area contributed by atoms with Gasteiger partial charge in [0.2, 0.25) is 5.91 Å². The first-order valence-corrected chi connectivity index (χ1v) is 6.75. The van der Waals surface area contributed by atoms with Crippen LogP contribution in [0.4, 0.5) is 11.4 Å². The van der Waals surface area contributed by atoms with Gasteiger partial charge in [-0.2, -0.15) is 0 Å². The zero-order valence-electron chi connectivity index (χ0n) is 11.3. The van der Waals surface area contributed by atoms with Crippen LogP contribution in [0.1, 0.15) is 44.6 Å². The van der Waals surface area contributed by atoms with Gasteiger partial charge in [-0.05, 0) is 43.9 Å². The lowest BCUT2D eigenvalue weighted by molar-refractivity contribution is -0.125. The maximum absolute atomic E-state index is 12.5. The predicted octanol–water partition coefficient (Wildman–Crippen LogP) is 3.49. The van der Waals surface area contributed by atoms with Crippen molar-refractivity contribution in [2.75, 3.05) is 11.1 Å². The number of hydrogen-bond acceptors (Lipinski definition) is 2. The highest BCUT2D eigenvalue weighted by Gasteiger charge is 2.39. The second-order valence-electron chi connectivity index (χ2n) is 5.39. The van der Waals surface area contributed by atoms with Crippen LogP contribution in [0.2, 0.25) is 0 Å². The van der Waals surface area contributed by atoms with Gasteiger partial charge in [-0.1, -0.05) is 25.8 Å². The van der Waals surface area contributed by atoms with E-state index in [0.29, 0.717) is 5.69 Å². The Morgan fingerprint density at radius 2 is 2.06 bits per heavy atom. The third kappa shape index (κ3) is 2.35. The van der Waals surface area contributed by atoms with E-state index in [0.717, 1.165) is 43.4 Å². The number of rotatable bonds is 3. The number of anilines is 2. The number of nitrogens with two attached hydrogens (primary N) is 1. The molecule has 0 spiro atoms. The lowest BCUT2D eigenvalue weighted by Gasteiger charge is -2.26. The highest BCUT2D eigenvalue weighted by atomic mass is 16.2. The van der Waals surface area contributed by atoms with Crippen molar-refractivity contribution in [1.29, 1.82) is 0 Å². The van der Waals surface area contributed by atoms with Gasteiger partial charge >= 0.3 is 0 Å². The van der Waals surface area contributed by atoms with Crippen LogP contribution in [0.15, 0.2) is 18.2 Å². The van der Waals surface area contributed by atoms with Crippen molar-refractivity contribution >= 4 is 17.3 Å². The first-order chi connectivity index (χ1) is 8.57. The number of carbonyl (C=O) groups excluding carboxylic acids is 1. The first kappa shape index (κ1) is 12.9. The molecule has 0 unspecified atom stereocenters. The van der Waals surface area contributed by atoms with E-state index >= 15 is 0 Å². The van der Waals surface area contributed by atoms with E-state index in [1.165, 1.54) is 0 Å². The maximum atomic E-state index is 12.5. The smallest absolute Gasteiger partial charge is 0.230 e. The van der Waals surface area contributed by atoms with Crippen molar-refractivity contribution in [3.63, 3.8) is 0 Å². The molecule has 2 rings (SSSR count). The average molecular weight is 246 g/mol. The molecule has 0 aromatic heterocycles. The minimum atomic E-state index is -0.170. The molecule has 0 bridgehead atoms. The van der Waals surface area contributed by atoms with Crippen molar-refractivity contribution in [3.8, 4) is 0 Å². The van der Waals surface area contributed by atoms with Crippen LogP contribution >= 0.6 is 0 Å². The molecule has 1 fully saturated rings. The molecule has 0 aliphatic heterocycles. The summed E-state index contributed by atoms with van der Waals surface area (Å²) in [5.41, 5.74) is 8.23. The van der Waals surface area contributed by atoms with Gasteiger partial charge in [0, 0.05) is 5.41 Å². The summed E-state index contributed by atoms with van der Waals surface area (Å²) in [5.74, 6) is 0.139. The predicted molar refractivity (Wildman–Crippen MR) is 75.4 cm³/mol. The fraction of sp³-hybridized carbons (Fsp3) is 0.533. The SMILES string of the molecule is CCC1(C(=O)Nc2cc(C)ccc2N)CCCC1. The average Bonchev–Trinajstić information content (AvgIpc) is 2.84. The number of aryl methyl sites for hydroxylation is 1. The van der Waals surface area contributed by atoms with E-state index in [9.17, 15) is 4.79 Å².